The molecule has 0 aliphatic carbocycles. The normalized spacial score (nSPS) is 12.1. The molecule has 0 aliphatic rings. The second kappa shape index (κ2) is 10.1. The molecule has 0 radical (unpaired) electrons. The van der Waals surface area contributed by atoms with Crippen molar-refractivity contribution in [3.05, 3.63) is 59.8 Å². The van der Waals surface area contributed by atoms with Crippen LogP contribution in [-0.4, -0.2) is 49.8 Å². The number of benzene rings is 2. The van der Waals surface area contributed by atoms with Gasteiger partial charge >= 0.3 is 6.09 Å². The van der Waals surface area contributed by atoms with Gasteiger partial charge in [-0.3, -0.25) is 4.57 Å². The number of ether oxygens (including phenoxy) is 5. The average Bonchev–Trinajstić information content (AvgIpc) is 3.31. The van der Waals surface area contributed by atoms with Crippen LogP contribution in [0.3, 0.4) is 0 Å². The van der Waals surface area contributed by atoms with Crippen LogP contribution in [0, 0.1) is 0 Å². The molecule has 0 amide bonds. The first-order chi connectivity index (χ1) is 16.1. The Labute approximate surface area is 199 Å². The topological polar surface area (TPSA) is 88.4 Å². The number of hydrogen-bond donors (Lipinski definition) is 1. The van der Waals surface area contributed by atoms with Gasteiger partial charge in [0.15, 0.2) is 11.5 Å². The highest BCUT2D eigenvalue weighted by Gasteiger charge is 2.24. The van der Waals surface area contributed by atoms with Crippen molar-refractivity contribution in [3.8, 4) is 34.3 Å². The predicted molar refractivity (Wildman–Crippen MR) is 128 cm³/mol. The molecule has 0 saturated carbocycles. The van der Waals surface area contributed by atoms with Crippen molar-refractivity contribution >= 4 is 6.09 Å². The molecule has 1 N–H and O–H groups in total. The third-order valence-corrected chi connectivity index (χ3v) is 5.16. The summed E-state index contributed by atoms with van der Waals surface area (Å²) in [5.74, 6) is 1.76. The predicted octanol–water partition coefficient (Wildman–Crippen LogP) is 5.05. The number of carbonyl (C=O) groups excluding carboxylic acids is 1. The first-order valence-corrected chi connectivity index (χ1v) is 10.7. The van der Waals surface area contributed by atoms with E-state index < -0.39 is 17.8 Å². The van der Waals surface area contributed by atoms with Crippen LogP contribution in [0.25, 0.3) is 11.3 Å². The van der Waals surface area contributed by atoms with Crippen molar-refractivity contribution in [1.29, 1.82) is 0 Å². The average molecular weight is 470 g/mol. The molecule has 1 unspecified atom stereocenters. The zero-order chi connectivity index (χ0) is 25.0. The van der Waals surface area contributed by atoms with Gasteiger partial charge < -0.3 is 28.8 Å². The Morgan fingerprint density at radius 2 is 1.50 bits per heavy atom. The van der Waals surface area contributed by atoms with Crippen molar-refractivity contribution in [2.24, 2.45) is 0 Å². The van der Waals surface area contributed by atoms with Crippen molar-refractivity contribution in [3.63, 3.8) is 0 Å². The maximum atomic E-state index is 12.7. The monoisotopic (exact) mass is 469 g/mol. The minimum Gasteiger partial charge on any atom is -0.496 e. The van der Waals surface area contributed by atoms with Gasteiger partial charge in [0.2, 0.25) is 5.75 Å². The van der Waals surface area contributed by atoms with Gasteiger partial charge in [-0.2, -0.15) is 0 Å². The van der Waals surface area contributed by atoms with Crippen LogP contribution >= 0.6 is 0 Å². The smallest absolute Gasteiger partial charge is 0.418 e. The molecule has 8 nitrogen and oxygen atoms in total. The second-order valence-electron chi connectivity index (χ2n) is 8.56. The van der Waals surface area contributed by atoms with E-state index in [1.165, 1.54) is 33.0 Å². The fourth-order valence-electron chi connectivity index (χ4n) is 3.63. The molecular formula is C26H31NO7. The van der Waals surface area contributed by atoms with Crippen LogP contribution in [0.1, 0.15) is 38.0 Å². The third-order valence-electron chi connectivity index (χ3n) is 5.16. The SMILES string of the molecule is COc1ccc(-c2cccn2C(=O)OC(C)(C)C)cc1C(O)c1cc(OC)c(OC)c(OC)c1. The van der Waals surface area contributed by atoms with Gasteiger partial charge in [-0.1, -0.05) is 0 Å². The number of rotatable bonds is 7. The Morgan fingerprint density at radius 1 is 0.882 bits per heavy atom. The summed E-state index contributed by atoms with van der Waals surface area (Å²) in [6.07, 6.45) is 0.0757. The van der Waals surface area contributed by atoms with Gasteiger partial charge in [-0.25, -0.2) is 4.79 Å². The second-order valence-corrected chi connectivity index (χ2v) is 8.56. The van der Waals surface area contributed by atoms with Crippen LogP contribution in [0.15, 0.2) is 48.7 Å². The fourth-order valence-corrected chi connectivity index (χ4v) is 3.63. The number of aliphatic hydroxyl groups is 1. The molecule has 8 heteroatoms. The highest BCUT2D eigenvalue weighted by Crippen LogP contribution is 2.42. The van der Waals surface area contributed by atoms with Crippen LogP contribution in [0.4, 0.5) is 4.79 Å². The molecule has 0 saturated heterocycles. The largest absolute Gasteiger partial charge is 0.496 e. The fraction of sp³-hybridized carbons (Fsp3) is 0.346. The van der Waals surface area contributed by atoms with Crippen LogP contribution in [-0.2, 0) is 4.74 Å². The van der Waals surface area contributed by atoms with E-state index in [9.17, 15) is 9.90 Å². The summed E-state index contributed by atoms with van der Waals surface area (Å²) in [6, 6.07) is 12.3. The quantitative estimate of drug-likeness (QED) is 0.518. The molecule has 0 spiro atoms. The molecular weight excluding hydrogens is 438 g/mol. The standard InChI is InChI=1S/C26H31NO7/c1-26(2,3)34-25(29)27-12-8-9-19(27)16-10-11-20(30-4)18(13-16)23(28)17-14-21(31-5)24(33-7)22(15-17)32-6/h8-15,23,28H,1-7H3. The Kier molecular flexibility index (Phi) is 7.41. The maximum Gasteiger partial charge on any atom is 0.418 e. The molecule has 1 atom stereocenters. The van der Waals surface area contributed by atoms with Crippen LogP contribution in [0.5, 0.6) is 23.0 Å². The van der Waals surface area contributed by atoms with Crippen LogP contribution in [0.2, 0.25) is 0 Å². The highest BCUT2D eigenvalue weighted by atomic mass is 16.6. The Morgan fingerprint density at radius 3 is 2.03 bits per heavy atom. The van der Waals surface area contributed by atoms with E-state index in [1.807, 2.05) is 26.8 Å². The Balaban J connectivity index is 2.08. The van der Waals surface area contributed by atoms with Crippen LogP contribution < -0.4 is 18.9 Å². The van der Waals surface area contributed by atoms with Gasteiger partial charge in [0.05, 0.1) is 34.1 Å². The molecule has 3 rings (SSSR count). The zero-order valence-electron chi connectivity index (χ0n) is 20.5. The highest BCUT2D eigenvalue weighted by molar-refractivity contribution is 5.79. The third kappa shape index (κ3) is 5.12. The molecule has 2 aromatic carbocycles. The number of carbonyl (C=O) groups is 1. The minimum atomic E-state index is -1.08. The summed E-state index contributed by atoms with van der Waals surface area (Å²) in [6.45, 7) is 5.44. The lowest BCUT2D eigenvalue weighted by atomic mass is 9.97. The van der Waals surface area contributed by atoms with Gasteiger partial charge in [0, 0.05) is 11.8 Å². The molecule has 0 aliphatic heterocycles. The number of methoxy groups -OCH3 is 4. The number of aromatic nitrogens is 1. The molecule has 1 heterocycles. The molecule has 3 aromatic rings. The van der Waals surface area contributed by atoms with Crippen molar-refractivity contribution < 1.29 is 33.6 Å². The summed E-state index contributed by atoms with van der Waals surface area (Å²) in [5, 5.41) is 11.3. The first kappa shape index (κ1) is 25.0. The molecule has 0 bridgehead atoms. The summed E-state index contributed by atoms with van der Waals surface area (Å²) in [7, 11) is 6.07. The lowest BCUT2D eigenvalue weighted by molar-refractivity contribution is 0.0540. The Bertz CT molecular complexity index is 1140. The Hall–Kier alpha value is -3.65. The molecule has 0 fully saturated rings. The number of nitrogens with zero attached hydrogens (tertiary/aromatic N) is 1. The summed E-state index contributed by atoms with van der Waals surface area (Å²) in [4.78, 5) is 12.7. The molecule has 34 heavy (non-hydrogen) atoms. The molecule has 182 valence electrons. The number of aliphatic hydroxyl groups excluding tert-OH is 1. The van der Waals surface area contributed by atoms with Crippen molar-refractivity contribution in [2.75, 3.05) is 28.4 Å². The number of hydrogen-bond acceptors (Lipinski definition) is 7. The van der Waals surface area contributed by atoms with E-state index in [4.69, 9.17) is 23.7 Å². The summed E-state index contributed by atoms with van der Waals surface area (Å²) < 4.78 is 28.7. The minimum absolute atomic E-state index is 0.421. The zero-order valence-corrected chi connectivity index (χ0v) is 20.5. The lowest BCUT2D eigenvalue weighted by Gasteiger charge is -2.21. The van der Waals surface area contributed by atoms with E-state index in [0.29, 0.717) is 45.4 Å². The van der Waals surface area contributed by atoms with Gasteiger partial charge in [0.25, 0.3) is 0 Å². The van der Waals surface area contributed by atoms with E-state index in [1.54, 1.807) is 42.6 Å². The van der Waals surface area contributed by atoms with E-state index in [0.717, 1.165) is 0 Å². The van der Waals surface area contributed by atoms with Gasteiger partial charge in [0.1, 0.15) is 17.5 Å². The van der Waals surface area contributed by atoms with Gasteiger partial charge in [-0.15, -0.1) is 0 Å². The van der Waals surface area contributed by atoms with E-state index in [-0.39, 0.29) is 0 Å². The summed E-state index contributed by atoms with van der Waals surface area (Å²) in [5.41, 5.74) is 1.72. The molecule has 1 aromatic heterocycles. The van der Waals surface area contributed by atoms with Crippen molar-refractivity contribution in [1.82, 2.24) is 4.57 Å². The first-order valence-electron chi connectivity index (χ1n) is 10.7. The summed E-state index contributed by atoms with van der Waals surface area (Å²) >= 11 is 0. The van der Waals surface area contributed by atoms with Crippen molar-refractivity contribution in [2.45, 2.75) is 32.5 Å². The van der Waals surface area contributed by atoms with E-state index >= 15 is 0 Å². The van der Waals surface area contributed by atoms with E-state index in [2.05, 4.69) is 0 Å². The maximum absolute atomic E-state index is 12.7. The lowest BCUT2D eigenvalue weighted by Crippen LogP contribution is -2.27. The van der Waals surface area contributed by atoms with Gasteiger partial charge in [-0.05, 0) is 74.4 Å².